The van der Waals surface area contributed by atoms with Gasteiger partial charge in [-0.15, -0.1) is 10.2 Å². The molecule has 0 spiro atoms. The summed E-state index contributed by atoms with van der Waals surface area (Å²) >= 11 is 7.30. The highest BCUT2D eigenvalue weighted by Gasteiger charge is 2.14. The number of anilines is 1. The first kappa shape index (κ1) is 18.7. The van der Waals surface area contributed by atoms with Crippen molar-refractivity contribution in [3.63, 3.8) is 0 Å². The van der Waals surface area contributed by atoms with Gasteiger partial charge in [-0.3, -0.25) is 4.79 Å². The summed E-state index contributed by atoms with van der Waals surface area (Å²) in [5, 5.41) is 8.99. The van der Waals surface area contributed by atoms with Crippen LogP contribution in [-0.4, -0.2) is 27.7 Å². The Hall–Kier alpha value is -2.70. The van der Waals surface area contributed by atoms with Crippen LogP contribution in [0, 0.1) is 0 Å². The molecule has 2 aromatic heterocycles. The summed E-state index contributed by atoms with van der Waals surface area (Å²) in [7, 11) is 0. The first-order valence-electron chi connectivity index (χ1n) is 9.11. The second-order valence-electron chi connectivity index (χ2n) is 6.33. The molecule has 0 bridgehead atoms. The number of halogens is 1. The van der Waals surface area contributed by atoms with Crippen LogP contribution in [0.15, 0.2) is 53.3 Å². The lowest BCUT2D eigenvalue weighted by atomic mass is 10.2. The van der Waals surface area contributed by atoms with Crippen molar-refractivity contribution in [2.45, 2.75) is 13.8 Å². The smallest absolute Gasteiger partial charge is 0.276 e. The fourth-order valence-electron chi connectivity index (χ4n) is 3.17. The van der Waals surface area contributed by atoms with Gasteiger partial charge in [-0.1, -0.05) is 35.1 Å². The Morgan fingerprint density at radius 3 is 2.36 bits per heavy atom. The molecule has 28 heavy (non-hydrogen) atoms. The Morgan fingerprint density at radius 2 is 1.71 bits per heavy atom. The van der Waals surface area contributed by atoms with Gasteiger partial charge in [0, 0.05) is 29.4 Å². The van der Waals surface area contributed by atoms with Crippen LogP contribution in [-0.2, 0) is 0 Å². The Kier molecular flexibility index (Phi) is 5.15. The van der Waals surface area contributed by atoms with Crippen molar-refractivity contribution in [1.82, 2.24) is 14.6 Å². The minimum Gasteiger partial charge on any atom is -0.372 e. The average molecular weight is 411 g/mol. The molecule has 0 aliphatic rings. The minimum atomic E-state index is -0.109. The number of nitrogens with zero attached hydrogens (tertiary/aromatic N) is 4. The van der Waals surface area contributed by atoms with E-state index in [1.54, 1.807) is 16.5 Å². The molecule has 0 unspecified atom stereocenters. The van der Waals surface area contributed by atoms with Crippen molar-refractivity contribution >= 4 is 39.7 Å². The molecule has 0 saturated heterocycles. The molecule has 4 aromatic rings. The van der Waals surface area contributed by atoms with E-state index in [2.05, 4.69) is 41.1 Å². The summed E-state index contributed by atoms with van der Waals surface area (Å²) in [6.07, 6.45) is 1.90. The fourth-order valence-corrected chi connectivity index (χ4v) is 4.21. The van der Waals surface area contributed by atoms with E-state index in [9.17, 15) is 4.79 Å². The minimum absolute atomic E-state index is 0.109. The molecule has 142 valence electrons. The molecule has 0 saturated carbocycles. The standard InChI is InChI=1S/C21H19ClN4OS/c1-3-25(4-2)17-11-5-14(6-12-17)13-18-20(27)26-19(23-24-21(26)28-18)15-7-9-16(22)10-8-15/h5-13H,3-4H2,1-2H3/b18-13-. The van der Waals surface area contributed by atoms with Crippen LogP contribution in [0.2, 0.25) is 5.02 Å². The first-order chi connectivity index (χ1) is 13.6. The van der Waals surface area contributed by atoms with E-state index in [1.807, 2.05) is 30.3 Å². The summed E-state index contributed by atoms with van der Waals surface area (Å²) in [5.74, 6) is 0.532. The van der Waals surface area contributed by atoms with Crippen LogP contribution >= 0.6 is 22.9 Å². The number of benzene rings is 2. The lowest BCUT2D eigenvalue weighted by Gasteiger charge is -2.20. The van der Waals surface area contributed by atoms with Crippen molar-refractivity contribution < 1.29 is 0 Å². The molecule has 2 aromatic carbocycles. The van der Waals surface area contributed by atoms with Crippen molar-refractivity contribution in [3.8, 4) is 11.4 Å². The third-order valence-corrected chi connectivity index (χ3v) is 5.88. The van der Waals surface area contributed by atoms with E-state index in [1.165, 1.54) is 17.0 Å². The van der Waals surface area contributed by atoms with Crippen LogP contribution < -0.4 is 15.0 Å². The van der Waals surface area contributed by atoms with Gasteiger partial charge in [0.05, 0.1) is 4.53 Å². The van der Waals surface area contributed by atoms with E-state index in [0.717, 1.165) is 24.2 Å². The molecule has 0 fully saturated rings. The third kappa shape index (κ3) is 3.41. The molecular formula is C21H19ClN4OS. The normalized spacial score (nSPS) is 12.0. The van der Waals surface area contributed by atoms with Crippen LogP contribution in [0.1, 0.15) is 19.4 Å². The number of aromatic nitrogens is 3. The van der Waals surface area contributed by atoms with Gasteiger partial charge in [0.25, 0.3) is 5.56 Å². The van der Waals surface area contributed by atoms with E-state index in [0.29, 0.717) is 20.3 Å². The topological polar surface area (TPSA) is 50.5 Å². The van der Waals surface area contributed by atoms with E-state index in [-0.39, 0.29) is 5.56 Å². The largest absolute Gasteiger partial charge is 0.372 e. The summed E-state index contributed by atoms with van der Waals surface area (Å²) in [5.41, 5.74) is 2.86. The predicted octanol–water partition coefficient (Wildman–Crippen LogP) is 3.87. The third-order valence-electron chi connectivity index (χ3n) is 4.67. The average Bonchev–Trinajstić information content (AvgIpc) is 3.25. The lowest BCUT2D eigenvalue weighted by molar-refractivity contribution is 0.866. The van der Waals surface area contributed by atoms with Gasteiger partial charge in [0.1, 0.15) is 0 Å². The van der Waals surface area contributed by atoms with E-state index in [4.69, 9.17) is 11.6 Å². The summed E-state index contributed by atoms with van der Waals surface area (Å²) in [4.78, 5) is 15.8. The molecule has 7 heteroatoms. The Balaban J connectivity index is 1.75. The van der Waals surface area contributed by atoms with Gasteiger partial charge < -0.3 is 4.90 Å². The van der Waals surface area contributed by atoms with Crippen LogP contribution in [0.5, 0.6) is 0 Å². The summed E-state index contributed by atoms with van der Waals surface area (Å²) in [6.45, 7) is 6.21. The second kappa shape index (κ2) is 7.73. The molecular weight excluding hydrogens is 392 g/mol. The zero-order valence-electron chi connectivity index (χ0n) is 15.6. The number of hydrogen-bond donors (Lipinski definition) is 0. The number of hydrogen-bond acceptors (Lipinski definition) is 5. The highest BCUT2D eigenvalue weighted by Crippen LogP contribution is 2.20. The zero-order chi connectivity index (χ0) is 19.7. The van der Waals surface area contributed by atoms with Crippen molar-refractivity contribution in [2.24, 2.45) is 0 Å². The predicted molar refractivity (Wildman–Crippen MR) is 116 cm³/mol. The lowest BCUT2D eigenvalue weighted by Crippen LogP contribution is -2.23. The molecule has 0 aliphatic heterocycles. The Morgan fingerprint density at radius 1 is 1.04 bits per heavy atom. The maximum atomic E-state index is 13.0. The van der Waals surface area contributed by atoms with Gasteiger partial charge >= 0.3 is 0 Å². The Bertz CT molecular complexity index is 1210. The molecule has 4 rings (SSSR count). The molecule has 0 N–H and O–H groups in total. The van der Waals surface area contributed by atoms with Gasteiger partial charge in [-0.25, -0.2) is 4.40 Å². The maximum Gasteiger partial charge on any atom is 0.276 e. The summed E-state index contributed by atoms with van der Waals surface area (Å²) in [6, 6.07) is 15.5. The second-order valence-corrected chi connectivity index (χ2v) is 7.77. The van der Waals surface area contributed by atoms with E-state index < -0.39 is 0 Å². The van der Waals surface area contributed by atoms with Crippen LogP contribution in [0.4, 0.5) is 5.69 Å². The van der Waals surface area contributed by atoms with Crippen molar-refractivity contribution in [2.75, 3.05) is 18.0 Å². The van der Waals surface area contributed by atoms with Gasteiger partial charge in [0.15, 0.2) is 5.82 Å². The molecule has 0 atom stereocenters. The van der Waals surface area contributed by atoms with E-state index >= 15 is 0 Å². The number of rotatable bonds is 5. The van der Waals surface area contributed by atoms with Gasteiger partial charge in [-0.05, 0) is 61.9 Å². The highest BCUT2D eigenvalue weighted by molar-refractivity contribution is 7.15. The SMILES string of the molecule is CCN(CC)c1ccc(/C=c2\sc3nnc(-c4ccc(Cl)cc4)n3c2=O)cc1. The van der Waals surface area contributed by atoms with Crippen LogP contribution in [0.3, 0.4) is 0 Å². The molecule has 0 amide bonds. The van der Waals surface area contributed by atoms with Crippen molar-refractivity contribution in [3.05, 3.63) is 74.0 Å². The quantitative estimate of drug-likeness (QED) is 0.501. The van der Waals surface area contributed by atoms with Gasteiger partial charge in [0.2, 0.25) is 4.96 Å². The maximum absolute atomic E-state index is 13.0. The Labute approximate surface area is 171 Å². The monoisotopic (exact) mass is 410 g/mol. The number of fused-ring (bicyclic) bond motifs is 1. The number of thiazole rings is 1. The van der Waals surface area contributed by atoms with Gasteiger partial charge in [-0.2, -0.15) is 0 Å². The molecule has 0 radical (unpaired) electrons. The zero-order valence-corrected chi connectivity index (χ0v) is 17.2. The van der Waals surface area contributed by atoms with Crippen molar-refractivity contribution in [1.29, 1.82) is 0 Å². The fraction of sp³-hybridized carbons (Fsp3) is 0.190. The van der Waals surface area contributed by atoms with Crippen LogP contribution in [0.25, 0.3) is 22.4 Å². The molecule has 2 heterocycles. The molecule has 0 aliphatic carbocycles. The molecule has 5 nitrogen and oxygen atoms in total. The summed E-state index contributed by atoms with van der Waals surface area (Å²) < 4.78 is 2.19. The first-order valence-corrected chi connectivity index (χ1v) is 10.3. The highest BCUT2D eigenvalue weighted by atomic mass is 35.5.